The molecule has 0 aliphatic carbocycles. The van der Waals surface area contributed by atoms with Gasteiger partial charge in [0.05, 0.1) is 12.2 Å². The fourth-order valence-electron chi connectivity index (χ4n) is 3.64. The van der Waals surface area contributed by atoms with E-state index in [-0.39, 0.29) is 5.91 Å². The zero-order valence-corrected chi connectivity index (χ0v) is 14.0. The van der Waals surface area contributed by atoms with Crippen molar-refractivity contribution >= 4 is 5.91 Å². The number of nitrogens with one attached hydrogen (secondary N) is 2. The van der Waals surface area contributed by atoms with Crippen molar-refractivity contribution in [2.45, 2.75) is 51.1 Å². The Morgan fingerprint density at radius 3 is 2.96 bits per heavy atom. The van der Waals surface area contributed by atoms with Crippen LogP contribution in [-0.2, 0) is 0 Å². The molecule has 3 rings (SSSR count). The number of piperidine rings is 2. The van der Waals surface area contributed by atoms with Crippen LogP contribution in [0.3, 0.4) is 0 Å². The van der Waals surface area contributed by atoms with E-state index in [0.717, 1.165) is 45.4 Å². The van der Waals surface area contributed by atoms with E-state index in [9.17, 15) is 4.79 Å². The average Bonchev–Trinajstić information content (AvgIpc) is 3.11. The zero-order valence-electron chi connectivity index (χ0n) is 14.0. The first-order valence-corrected chi connectivity index (χ1v) is 8.92. The van der Waals surface area contributed by atoms with Gasteiger partial charge in [0.2, 0.25) is 0 Å². The highest BCUT2D eigenvalue weighted by molar-refractivity contribution is 5.91. The Labute approximate surface area is 137 Å². The zero-order chi connectivity index (χ0) is 16.1. The predicted molar refractivity (Wildman–Crippen MR) is 88.4 cm³/mol. The van der Waals surface area contributed by atoms with E-state index in [1.54, 1.807) is 6.20 Å². The summed E-state index contributed by atoms with van der Waals surface area (Å²) in [5.41, 5.74) is 0.433. The molecule has 1 amide bonds. The largest absolute Gasteiger partial charge is 0.349 e. The highest BCUT2D eigenvalue weighted by Crippen LogP contribution is 2.18. The number of amides is 1. The van der Waals surface area contributed by atoms with Crippen LogP contribution < -0.4 is 10.6 Å². The molecule has 1 atom stereocenters. The molecule has 0 bridgehead atoms. The van der Waals surface area contributed by atoms with Crippen molar-refractivity contribution in [3.63, 3.8) is 0 Å². The summed E-state index contributed by atoms with van der Waals surface area (Å²) in [6.45, 7) is 7.08. The van der Waals surface area contributed by atoms with Crippen LogP contribution in [0.5, 0.6) is 0 Å². The number of carbonyl (C=O) groups is 1. The number of hydrogen-bond donors (Lipinski definition) is 2. The maximum atomic E-state index is 12.3. The monoisotopic (exact) mass is 320 g/mol. The van der Waals surface area contributed by atoms with Gasteiger partial charge in [0.15, 0.2) is 5.69 Å². The van der Waals surface area contributed by atoms with Gasteiger partial charge in [0.25, 0.3) is 5.91 Å². The average molecular weight is 320 g/mol. The molecule has 3 heterocycles. The Morgan fingerprint density at radius 2 is 2.17 bits per heavy atom. The maximum Gasteiger partial charge on any atom is 0.273 e. The molecular formula is C16H28N6O. The summed E-state index contributed by atoms with van der Waals surface area (Å²) in [6.07, 6.45) is 7.56. The summed E-state index contributed by atoms with van der Waals surface area (Å²) in [4.78, 5) is 14.8. The summed E-state index contributed by atoms with van der Waals surface area (Å²) in [6, 6.07) is 0.816. The highest BCUT2D eigenvalue weighted by atomic mass is 16.2. The van der Waals surface area contributed by atoms with Crippen LogP contribution in [-0.4, -0.2) is 64.6 Å². The third-order valence-electron chi connectivity index (χ3n) is 5.08. The number of likely N-dealkylation sites (N-methyl/N-ethyl adjacent to an activating group) is 1. The molecule has 2 aliphatic heterocycles. The maximum absolute atomic E-state index is 12.3. The Kier molecular flexibility index (Phi) is 5.61. The molecule has 2 aliphatic rings. The van der Waals surface area contributed by atoms with Gasteiger partial charge in [0.1, 0.15) is 0 Å². The lowest BCUT2D eigenvalue weighted by Gasteiger charge is -2.34. The number of hydrogen-bond acceptors (Lipinski definition) is 5. The summed E-state index contributed by atoms with van der Waals surface area (Å²) < 4.78 is 1.86. The minimum Gasteiger partial charge on any atom is -0.349 e. The van der Waals surface area contributed by atoms with E-state index in [4.69, 9.17) is 0 Å². The number of carbonyl (C=O) groups excluding carboxylic acids is 1. The number of likely N-dealkylation sites (tertiary alicyclic amines) is 1. The van der Waals surface area contributed by atoms with E-state index in [0.29, 0.717) is 24.3 Å². The SMILES string of the molecule is CCN1CCCCC1CNC(=O)c1cn(C2CCNCC2)nn1. The van der Waals surface area contributed by atoms with Gasteiger partial charge in [-0.1, -0.05) is 18.6 Å². The third kappa shape index (κ3) is 4.09. The van der Waals surface area contributed by atoms with Crippen LogP contribution in [0.25, 0.3) is 0 Å². The molecule has 1 aromatic rings. The van der Waals surface area contributed by atoms with E-state index in [1.807, 2.05) is 4.68 Å². The molecule has 0 aromatic carbocycles. The molecule has 2 fully saturated rings. The van der Waals surface area contributed by atoms with Crippen molar-refractivity contribution in [3.8, 4) is 0 Å². The number of nitrogens with zero attached hydrogens (tertiary/aromatic N) is 4. The predicted octanol–water partition coefficient (Wildman–Crippen LogP) is 0.807. The van der Waals surface area contributed by atoms with Crippen LogP contribution in [0.15, 0.2) is 6.20 Å². The van der Waals surface area contributed by atoms with Crippen LogP contribution >= 0.6 is 0 Å². The highest BCUT2D eigenvalue weighted by Gasteiger charge is 2.23. The molecule has 1 aromatic heterocycles. The fourth-order valence-corrected chi connectivity index (χ4v) is 3.64. The van der Waals surface area contributed by atoms with Gasteiger partial charge in [-0.2, -0.15) is 0 Å². The van der Waals surface area contributed by atoms with E-state index in [2.05, 4.69) is 32.8 Å². The number of rotatable bonds is 5. The molecule has 0 radical (unpaired) electrons. The molecule has 23 heavy (non-hydrogen) atoms. The summed E-state index contributed by atoms with van der Waals surface area (Å²) in [5, 5.41) is 14.6. The second kappa shape index (κ2) is 7.88. The van der Waals surface area contributed by atoms with Crippen molar-refractivity contribution in [2.75, 3.05) is 32.7 Å². The smallest absolute Gasteiger partial charge is 0.273 e. The van der Waals surface area contributed by atoms with E-state index >= 15 is 0 Å². The molecule has 7 nitrogen and oxygen atoms in total. The first kappa shape index (κ1) is 16.4. The Hall–Kier alpha value is -1.47. The van der Waals surface area contributed by atoms with Crippen LogP contribution in [0, 0.1) is 0 Å². The van der Waals surface area contributed by atoms with Gasteiger partial charge >= 0.3 is 0 Å². The van der Waals surface area contributed by atoms with Gasteiger partial charge < -0.3 is 10.6 Å². The number of aromatic nitrogens is 3. The van der Waals surface area contributed by atoms with Gasteiger partial charge in [-0.3, -0.25) is 9.69 Å². The van der Waals surface area contributed by atoms with Crippen LogP contribution in [0.4, 0.5) is 0 Å². The lowest BCUT2D eigenvalue weighted by Crippen LogP contribution is -2.46. The van der Waals surface area contributed by atoms with Crippen LogP contribution in [0.2, 0.25) is 0 Å². The van der Waals surface area contributed by atoms with Crippen LogP contribution in [0.1, 0.15) is 55.6 Å². The van der Waals surface area contributed by atoms with Gasteiger partial charge in [0, 0.05) is 12.6 Å². The normalized spacial score (nSPS) is 23.8. The van der Waals surface area contributed by atoms with Gasteiger partial charge in [-0.25, -0.2) is 4.68 Å². The molecule has 128 valence electrons. The standard InChI is InChI=1S/C16H28N6O/c1-2-21-10-4-3-5-14(21)11-18-16(23)15-12-22(20-19-15)13-6-8-17-9-7-13/h12-14,17H,2-11H2,1H3,(H,18,23). The summed E-state index contributed by atoms with van der Waals surface area (Å²) in [5.74, 6) is -0.105. The fraction of sp³-hybridized carbons (Fsp3) is 0.812. The summed E-state index contributed by atoms with van der Waals surface area (Å²) >= 11 is 0. The molecule has 2 saturated heterocycles. The molecule has 0 spiro atoms. The minimum absolute atomic E-state index is 0.105. The van der Waals surface area contributed by atoms with Crippen molar-refractivity contribution in [2.24, 2.45) is 0 Å². The van der Waals surface area contributed by atoms with Crippen molar-refractivity contribution < 1.29 is 4.79 Å². The van der Waals surface area contributed by atoms with E-state index < -0.39 is 0 Å². The minimum atomic E-state index is -0.105. The van der Waals surface area contributed by atoms with Crippen molar-refractivity contribution in [1.29, 1.82) is 0 Å². The lowest BCUT2D eigenvalue weighted by atomic mass is 10.0. The Balaban J connectivity index is 1.52. The second-order valence-electron chi connectivity index (χ2n) is 6.55. The molecule has 7 heteroatoms. The Morgan fingerprint density at radius 1 is 1.35 bits per heavy atom. The third-order valence-corrected chi connectivity index (χ3v) is 5.08. The van der Waals surface area contributed by atoms with Crippen molar-refractivity contribution in [1.82, 2.24) is 30.5 Å². The molecule has 2 N–H and O–H groups in total. The molecular weight excluding hydrogens is 292 g/mol. The molecule has 0 saturated carbocycles. The topological polar surface area (TPSA) is 75.1 Å². The summed E-state index contributed by atoms with van der Waals surface area (Å²) in [7, 11) is 0. The first-order valence-electron chi connectivity index (χ1n) is 8.92. The molecule has 1 unspecified atom stereocenters. The second-order valence-corrected chi connectivity index (χ2v) is 6.55. The Bertz CT molecular complexity index is 510. The first-order chi connectivity index (χ1) is 11.3. The lowest BCUT2D eigenvalue weighted by molar-refractivity contribution is 0.0913. The van der Waals surface area contributed by atoms with Gasteiger partial charge in [-0.15, -0.1) is 5.10 Å². The van der Waals surface area contributed by atoms with Gasteiger partial charge in [-0.05, 0) is 51.9 Å². The van der Waals surface area contributed by atoms with Crippen molar-refractivity contribution in [3.05, 3.63) is 11.9 Å². The van der Waals surface area contributed by atoms with E-state index in [1.165, 1.54) is 12.8 Å². The quantitative estimate of drug-likeness (QED) is 0.840.